The summed E-state index contributed by atoms with van der Waals surface area (Å²) in [5, 5.41) is 19.6. The number of carbonyl (C=O) groups is 2. The van der Waals surface area contributed by atoms with Gasteiger partial charge in [0.1, 0.15) is 5.02 Å². The van der Waals surface area contributed by atoms with Gasteiger partial charge in [-0.25, -0.2) is 4.79 Å². The molecule has 0 aromatic heterocycles. The molecule has 0 unspecified atom stereocenters. The van der Waals surface area contributed by atoms with Crippen LogP contribution in [0.4, 0.5) is 5.69 Å². The molecule has 0 atom stereocenters. The molecule has 0 saturated heterocycles. The Morgan fingerprint density at radius 2 is 1.87 bits per heavy atom. The number of allylic oxidation sites excluding steroid dienone is 1. The van der Waals surface area contributed by atoms with Crippen molar-refractivity contribution in [3.8, 4) is 0 Å². The van der Waals surface area contributed by atoms with E-state index < -0.39 is 16.7 Å². The molecule has 0 spiro atoms. The first kappa shape index (κ1) is 16.4. The van der Waals surface area contributed by atoms with Gasteiger partial charge in [-0.1, -0.05) is 35.9 Å². The molecule has 23 heavy (non-hydrogen) atoms. The van der Waals surface area contributed by atoms with E-state index in [0.29, 0.717) is 5.56 Å². The number of nitrogens with zero attached hydrogens (tertiary/aromatic N) is 1. The van der Waals surface area contributed by atoms with Crippen molar-refractivity contribution in [1.29, 1.82) is 0 Å². The zero-order valence-electron chi connectivity index (χ0n) is 11.6. The van der Waals surface area contributed by atoms with E-state index in [1.165, 1.54) is 30.4 Å². The van der Waals surface area contributed by atoms with Gasteiger partial charge in [0, 0.05) is 11.6 Å². The SMILES string of the molecule is O=C(C=Cc1ccccc1C(=O)O)c1ccc([N+](=O)[O-])c(Cl)c1. The first-order chi connectivity index (χ1) is 10.9. The Kier molecular flexibility index (Phi) is 4.88. The Labute approximate surface area is 135 Å². The van der Waals surface area contributed by atoms with Gasteiger partial charge in [0.2, 0.25) is 0 Å². The van der Waals surface area contributed by atoms with Crippen LogP contribution in [-0.2, 0) is 0 Å². The molecule has 0 heterocycles. The Morgan fingerprint density at radius 1 is 1.17 bits per heavy atom. The van der Waals surface area contributed by atoms with E-state index >= 15 is 0 Å². The Hall–Kier alpha value is -2.99. The third kappa shape index (κ3) is 3.81. The van der Waals surface area contributed by atoms with Gasteiger partial charge in [0.05, 0.1) is 10.5 Å². The molecule has 2 aromatic rings. The highest BCUT2D eigenvalue weighted by Gasteiger charge is 2.14. The monoisotopic (exact) mass is 331 g/mol. The van der Waals surface area contributed by atoms with Crippen LogP contribution in [0.25, 0.3) is 6.08 Å². The van der Waals surface area contributed by atoms with E-state index in [4.69, 9.17) is 16.7 Å². The maximum absolute atomic E-state index is 12.1. The number of nitro groups is 1. The number of rotatable bonds is 5. The molecule has 7 heteroatoms. The van der Waals surface area contributed by atoms with Crippen LogP contribution in [0.15, 0.2) is 48.5 Å². The normalized spacial score (nSPS) is 10.7. The summed E-state index contributed by atoms with van der Waals surface area (Å²) in [7, 11) is 0. The van der Waals surface area contributed by atoms with E-state index in [0.717, 1.165) is 6.07 Å². The molecule has 0 aliphatic heterocycles. The highest BCUT2D eigenvalue weighted by atomic mass is 35.5. The number of halogens is 1. The summed E-state index contributed by atoms with van der Waals surface area (Å²) < 4.78 is 0. The summed E-state index contributed by atoms with van der Waals surface area (Å²) in [6.45, 7) is 0. The maximum atomic E-state index is 12.1. The minimum Gasteiger partial charge on any atom is -0.478 e. The van der Waals surface area contributed by atoms with Crippen molar-refractivity contribution < 1.29 is 19.6 Å². The van der Waals surface area contributed by atoms with Crippen LogP contribution in [0.5, 0.6) is 0 Å². The van der Waals surface area contributed by atoms with E-state index in [1.807, 2.05) is 0 Å². The van der Waals surface area contributed by atoms with Crippen molar-refractivity contribution in [1.82, 2.24) is 0 Å². The molecule has 0 aliphatic rings. The molecule has 2 rings (SSSR count). The lowest BCUT2D eigenvalue weighted by atomic mass is 10.0. The second-order valence-corrected chi connectivity index (χ2v) is 4.92. The predicted molar refractivity (Wildman–Crippen MR) is 84.9 cm³/mol. The van der Waals surface area contributed by atoms with Crippen LogP contribution in [0.2, 0.25) is 5.02 Å². The van der Waals surface area contributed by atoms with Crippen molar-refractivity contribution in [3.05, 3.63) is 80.4 Å². The minimum absolute atomic E-state index is 0.0679. The van der Waals surface area contributed by atoms with Crippen LogP contribution in [0, 0.1) is 10.1 Å². The molecule has 0 saturated carbocycles. The van der Waals surface area contributed by atoms with E-state index in [1.54, 1.807) is 18.2 Å². The highest BCUT2D eigenvalue weighted by molar-refractivity contribution is 6.33. The number of aromatic carboxylic acids is 1. The highest BCUT2D eigenvalue weighted by Crippen LogP contribution is 2.25. The van der Waals surface area contributed by atoms with Crippen LogP contribution < -0.4 is 0 Å². The summed E-state index contributed by atoms with van der Waals surface area (Å²) >= 11 is 5.76. The molecular formula is C16H10ClNO5. The molecule has 2 aromatic carbocycles. The number of nitro benzene ring substituents is 1. The largest absolute Gasteiger partial charge is 0.478 e. The predicted octanol–water partition coefficient (Wildman–Crippen LogP) is 3.84. The smallest absolute Gasteiger partial charge is 0.336 e. The molecule has 0 bridgehead atoms. The first-order valence-electron chi connectivity index (χ1n) is 6.39. The van der Waals surface area contributed by atoms with Gasteiger partial charge in [0.25, 0.3) is 5.69 Å². The quantitative estimate of drug-likeness (QED) is 0.388. The fourth-order valence-corrected chi connectivity index (χ4v) is 2.16. The van der Waals surface area contributed by atoms with Crippen molar-refractivity contribution in [2.45, 2.75) is 0 Å². The fraction of sp³-hybridized carbons (Fsp3) is 0. The van der Waals surface area contributed by atoms with Gasteiger partial charge in [-0.2, -0.15) is 0 Å². The second-order valence-electron chi connectivity index (χ2n) is 4.51. The van der Waals surface area contributed by atoms with E-state index in [2.05, 4.69) is 0 Å². The van der Waals surface area contributed by atoms with Gasteiger partial charge in [-0.05, 0) is 29.8 Å². The minimum atomic E-state index is -1.10. The van der Waals surface area contributed by atoms with E-state index in [-0.39, 0.29) is 21.8 Å². The standard InChI is InChI=1S/C16H10ClNO5/c17-13-9-11(5-7-14(13)18(22)23)15(19)8-6-10-3-1-2-4-12(10)16(20)21/h1-9H,(H,20,21). The maximum Gasteiger partial charge on any atom is 0.336 e. The summed E-state index contributed by atoms with van der Waals surface area (Å²) in [5.41, 5.74) is 0.327. The molecule has 116 valence electrons. The average molecular weight is 332 g/mol. The zero-order chi connectivity index (χ0) is 17.0. The number of carbonyl (C=O) groups excluding carboxylic acids is 1. The average Bonchev–Trinajstić information content (AvgIpc) is 2.52. The number of benzene rings is 2. The van der Waals surface area contributed by atoms with Gasteiger partial charge in [0.15, 0.2) is 5.78 Å². The lowest BCUT2D eigenvalue weighted by molar-refractivity contribution is -0.384. The third-order valence-corrected chi connectivity index (χ3v) is 3.34. The van der Waals surface area contributed by atoms with Crippen molar-refractivity contribution in [3.63, 3.8) is 0 Å². The Morgan fingerprint density at radius 3 is 2.48 bits per heavy atom. The summed E-state index contributed by atoms with van der Waals surface area (Å²) in [6, 6.07) is 9.87. The lowest BCUT2D eigenvalue weighted by Gasteiger charge is -2.01. The van der Waals surface area contributed by atoms with Crippen LogP contribution in [0.3, 0.4) is 0 Å². The topological polar surface area (TPSA) is 97.5 Å². The number of hydrogen-bond acceptors (Lipinski definition) is 4. The van der Waals surface area contributed by atoms with Gasteiger partial charge in [-0.3, -0.25) is 14.9 Å². The van der Waals surface area contributed by atoms with Crippen molar-refractivity contribution in [2.75, 3.05) is 0 Å². The number of ketones is 1. The van der Waals surface area contributed by atoms with Gasteiger partial charge < -0.3 is 5.11 Å². The molecule has 0 amide bonds. The van der Waals surface area contributed by atoms with Crippen LogP contribution in [-0.4, -0.2) is 21.8 Å². The Bertz CT molecular complexity index is 829. The lowest BCUT2D eigenvalue weighted by Crippen LogP contribution is -2.00. The van der Waals surface area contributed by atoms with Gasteiger partial charge in [-0.15, -0.1) is 0 Å². The van der Waals surface area contributed by atoms with Crippen LogP contribution in [0.1, 0.15) is 26.3 Å². The third-order valence-electron chi connectivity index (χ3n) is 3.03. The zero-order valence-corrected chi connectivity index (χ0v) is 12.4. The van der Waals surface area contributed by atoms with E-state index in [9.17, 15) is 19.7 Å². The van der Waals surface area contributed by atoms with Crippen LogP contribution >= 0.6 is 11.6 Å². The number of hydrogen-bond donors (Lipinski definition) is 1. The molecule has 1 N–H and O–H groups in total. The van der Waals surface area contributed by atoms with Crippen molar-refractivity contribution in [2.24, 2.45) is 0 Å². The van der Waals surface area contributed by atoms with Crippen molar-refractivity contribution >= 4 is 35.1 Å². The van der Waals surface area contributed by atoms with Gasteiger partial charge >= 0.3 is 5.97 Å². The second kappa shape index (κ2) is 6.85. The summed E-state index contributed by atoms with van der Waals surface area (Å²) in [4.78, 5) is 33.2. The number of carboxylic acid groups (broad SMARTS) is 1. The summed E-state index contributed by atoms with van der Waals surface area (Å²) in [6.07, 6.45) is 2.57. The molecule has 6 nitrogen and oxygen atoms in total. The summed E-state index contributed by atoms with van der Waals surface area (Å²) in [5.74, 6) is -1.54. The molecule has 0 fully saturated rings. The molecule has 0 radical (unpaired) electrons. The molecule has 0 aliphatic carbocycles. The first-order valence-corrected chi connectivity index (χ1v) is 6.76. The Balaban J connectivity index is 2.28. The molecular weight excluding hydrogens is 322 g/mol. The number of carboxylic acids is 1. The fourth-order valence-electron chi connectivity index (χ4n) is 1.91.